The van der Waals surface area contributed by atoms with Gasteiger partial charge < -0.3 is 9.84 Å². The maximum atomic E-state index is 11.5. The van der Waals surface area contributed by atoms with Gasteiger partial charge in [-0.15, -0.1) is 0 Å². The largest absolute Gasteiger partial charge is 0.491 e. The predicted octanol–water partition coefficient (Wildman–Crippen LogP) is 1.97. The zero-order valence-electron chi connectivity index (χ0n) is 9.40. The van der Waals surface area contributed by atoms with Crippen molar-refractivity contribution in [2.45, 2.75) is 32.3 Å². The van der Waals surface area contributed by atoms with Gasteiger partial charge in [0.2, 0.25) is 0 Å². The minimum absolute atomic E-state index is 0.191. The van der Waals surface area contributed by atoms with Crippen LogP contribution in [0.3, 0.4) is 0 Å². The molecular formula is C13H16O3. The molecule has 1 N–H and O–H groups in total. The minimum atomic E-state index is -0.437. The number of Topliss-reactive ketones (excluding diaryl/α,β-unsaturated/α-hetero) is 1. The highest BCUT2D eigenvalue weighted by molar-refractivity contribution is 6.01. The summed E-state index contributed by atoms with van der Waals surface area (Å²) in [5.74, 6) is 0.937. The van der Waals surface area contributed by atoms with Gasteiger partial charge in [0, 0.05) is 17.5 Å². The molecule has 1 atom stereocenters. The first kappa shape index (κ1) is 11.1. The van der Waals surface area contributed by atoms with Crippen molar-refractivity contribution in [1.82, 2.24) is 0 Å². The molecule has 0 spiro atoms. The number of hydrogen-bond acceptors (Lipinski definition) is 3. The molecule has 0 fully saturated rings. The monoisotopic (exact) mass is 220 g/mol. The van der Waals surface area contributed by atoms with Gasteiger partial charge in [-0.1, -0.05) is 19.1 Å². The average molecular weight is 220 g/mol. The highest BCUT2D eigenvalue weighted by Gasteiger charge is 2.22. The van der Waals surface area contributed by atoms with Crippen molar-refractivity contribution in [1.29, 1.82) is 0 Å². The normalized spacial score (nSPS) is 16.0. The van der Waals surface area contributed by atoms with E-state index in [1.807, 2.05) is 25.1 Å². The SMILES string of the molecule is CCC(O)COc1cccc2c1CCC2=O. The smallest absolute Gasteiger partial charge is 0.163 e. The van der Waals surface area contributed by atoms with Gasteiger partial charge in [-0.05, 0) is 18.9 Å². The van der Waals surface area contributed by atoms with Crippen molar-refractivity contribution >= 4 is 5.78 Å². The average Bonchev–Trinajstić information content (AvgIpc) is 2.69. The molecule has 1 aliphatic rings. The summed E-state index contributed by atoms with van der Waals surface area (Å²) >= 11 is 0. The van der Waals surface area contributed by atoms with E-state index in [2.05, 4.69) is 0 Å². The van der Waals surface area contributed by atoms with E-state index in [4.69, 9.17) is 4.74 Å². The molecule has 3 nitrogen and oxygen atoms in total. The van der Waals surface area contributed by atoms with Crippen molar-refractivity contribution in [3.8, 4) is 5.75 Å². The number of carbonyl (C=O) groups excluding carboxylic acids is 1. The fraction of sp³-hybridized carbons (Fsp3) is 0.462. The van der Waals surface area contributed by atoms with Crippen LogP contribution in [-0.2, 0) is 6.42 Å². The zero-order chi connectivity index (χ0) is 11.5. The van der Waals surface area contributed by atoms with E-state index in [0.29, 0.717) is 19.4 Å². The number of aliphatic hydroxyl groups excluding tert-OH is 1. The lowest BCUT2D eigenvalue weighted by Crippen LogP contribution is -2.16. The highest BCUT2D eigenvalue weighted by atomic mass is 16.5. The van der Waals surface area contributed by atoms with Crippen LogP contribution in [0.15, 0.2) is 18.2 Å². The molecule has 16 heavy (non-hydrogen) atoms. The van der Waals surface area contributed by atoms with E-state index in [9.17, 15) is 9.90 Å². The molecule has 1 aromatic carbocycles. The van der Waals surface area contributed by atoms with Gasteiger partial charge in [0.1, 0.15) is 12.4 Å². The molecule has 1 aliphatic carbocycles. The summed E-state index contributed by atoms with van der Waals surface area (Å²) < 4.78 is 5.55. The van der Waals surface area contributed by atoms with Crippen molar-refractivity contribution in [3.05, 3.63) is 29.3 Å². The van der Waals surface area contributed by atoms with Gasteiger partial charge in [-0.25, -0.2) is 0 Å². The molecule has 0 saturated heterocycles. The summed E-state index contributed by atoms with van der Waals surface area (Å²) in [7, 11) is 0. The van der Waals surface area contributed by atoms with Gasteiger partial charge in [-0.3, -0.25) is 4.79 Å². The first-order valence-electron chi connectivity index (χ1n) is 5.68. The standard InChI is InChI=1S/C13H16O3/c1-2-9(14)8-16-13-5-3-4-10-11(13)6-7-12(10)15/h3-5,9,14H,2,6-8H2,1H3. The highest BCUT2D eigenvalue weighted by Crippen LogP contribution is 2.30. The molecule has 0 aliphatic heterocycles. The van der Waals surface area contributed by atoms with Crippen molar-refractivity contribution < 1.29 is 14.6 Å². The van der Waals surface area contributed by atoms with Crippen molar-refractivity contribution in [3.63, 3.8) is 0 Å². The molecule has 3 heteroatoms. The van der Waals surface area contributed by atoms with Crippen LogP contribution in [0.1, 0.15) is 35.7 Å². The lowest BCUT2D eigenvalue weighted by molar-refractivity contribution is 0.0994. The number of fused-ring (bicyclic) bond motifs is 1. The van der Waals surface area contributed by atoms with E-state index < -0.39 is 6.10 Å². The lowest BCUT2D eigenvalue weighted by Gasteiger charge is -2.12. The van der Waals surface area contributed by atoms with Crippen LogP contribution >= 0.6 is 0 Å². The lowest BCUT2D eigenvalue weighted by atomic mass is 10.1. The molecule has 1 aromatic rings. The summed E-state index contributed by atoms with van der Waals surface area (Å²) in [5.41, 5.74) is 1.78. The molecule has 0 aromatic heterocycles. The van der Waals surface area contributed by atoms with Gasteiger partial charge in [0.15, 0.2) is 5.78 Å². The number of ether oxygens (including phenoxy) is 1. The quantitative estimate of drug-likeness (QED) is 0.843. The number of hydrogen-bond donors (Lipinski definition) is 1. The number of benzene rings is 1. The Labute approximate surface area is 95.0 Å². The van der Waals surface area contributed by atoms with E-state index in [0.717, 1.165) is 23.3 Å². The Kier molecular flexibility index (Phi) is 3.25. The summed E-state index contributed by atoms with van der Waals surface area (Å²) in [5, 5.41) is 9.43. The van der Waals surface area contributed by atoms with Gasteiger partial charge in [-0.2, -0.15) is 0 Å². The second-order valence-electron chi connectivity index (χ2n) is 4.08. The fourth-order valence-electron chi connectivity index (χ4n) is 1.90. The van der Waals surface area contributed by atoms with Gasteiger partial charge >= 0.3 is 0 Å². The number of carbonyl (C=O) groups is 1. The van der Waals surface area contributed by atoms with Crippen molar-refractivity contribution in [2.75, 3.05) is 6.61 Å². The van der Waals surface area contributed by atoms with Crippen LogP contribution in [0, 0.1) is 0 Å². The molecule has 0 saturated carbocycles. The Balaban J connectivity index is 2.14. The Bertz CT molecular complexity index is 398. The van der Waals surface area contributed by atoms with E-state index in [1.54, 1.807) is 0 Å². The zero-order valence-corrected chi connectivity index (χ0v) is 9.40. The first-order valence-corrected chi connectivity index (χ1v) is 5.68. The molecule has 0 amide bonds. The molecule has 1 unspecified atom stereocenters. The predicted molar refractivity (Wildman–Crippen MR) is 60.9 cm³/mol. The topological polar surface area (TPSA) is 46.5 Å². The van der Waals surface area contributed by atoms with Crippen LogP contribution in [0.5, 0.6) is 5.75 Å². The first-order chi connectivity index (χ1) is 7.72. The third-order valence-corrected chi connectivity index (χ3v) is 2.94. The molecule has 86 valence electrons. The second kappa shape index (κ2) is 4.66. The van der Waals surface area contributed by atoms with Crippen LogP contribution in [0.2, 0.25) is 0 Å². The number of ketones is 1. The van der Waals surface area contributed by atoms with Crippen LogP contribution in [-0.4, -0.2) is 23.6 Å². The third-order valence-electron chi connectivity index (χ3n) is 2.94. The van der Waals surface area contributed by atoms with E-state index in [-0.39, 0.29) is 5.78 Å². The van der Waals surface area contributed by atoms with Crippen LogP contribution in [0.25, 0.3) is 0 Å². The minimum Gasteiger partial charge on any atom is -0.491 e. The van der Waals surface area contributed by atoms with Crippen LogP contribution in [0.4, 0.5) is 0 Å². The molecular weight excluding hydrogens is 204 g/mol. The van der Waals surface area contributed by atoms with E-state index in [1.165, 1.54) is 0 Å². The Morgan fingerprint density at radius 2 is 2.25 bits per heavy atom. The third kappa shape index (κ3) is 2.09. The molecule has 0 bridgehead atoms. The van der Waals surface area contributed by atoms with Crippen molar-refractivity contribution in [2.24, 2.45) is 0 Å². The Hall–Kier alpha value is -1.35. The molecule has 0 heterocycles. The maximum Gasteiger partial charge on any atom is 0.163 e. The maximum absolute atomic E-state index is 11.5. The number of aliphatic hydroxyl groups is 1. The molecule has 0 radical (unpaired) electrons. The fourth-order valence-corrected chi connectivity index (χ4v) is 1.90. The second-order valence-corrected chi connectivity index (χ2v) is 4.08. The summed E-state index contributed by atoms with van der Waals surface area (Å²) in [6.07, 6.45) is 1.57. The van der Waals surface area contributed by atoms with E-state index >= 15 is 0 Å². The number of rotatable bonds is 4. The Morgan fingerprint density at radius 3 is 3.00 bits per heavy atom. The summed E-state index contributed by atoms with van der Waals surface area (Å²) in [6.45, 7) is 2.20. The van der Waals surface area contributed by atoms with Gasteiger partial charge in [0.05, 0.1) is 6.10 Å². The van der Waals surface area contributed by atoms with Gasteiger partial charge in [0.25, 0.3) is 0 Å². The molecule has 2 rings (SSSR count). The summed E-state index contributed by atoms with van der Waals surface area (Å²) in [6, 6.07) is 5.53. The van der Waals surface area contributed by atoms with Crippen LogP contribution < -0.4 is 4.74 Å². The Morgan fingerprint density at radius 1 is 1.44 bits per heavy atom. The summed E-state index contributed by atoms with van der Waals surface area (Å²) in [4.78, 5) is 11.5.